The van der Waals surface area contributed by atoms with E-state index in [-0.39, 0.29) is 0 Å². The number of benzene rings is 1. The molecule has 4 nitrogen and oxygen atoms in total. The van der Waals surface area contributed by atoms with Crippen LogP contribution in [0.1, 0.15) is 42.3 Å². The predicted molar refractivity (Wildman–Crippen MR) is 71.4 cm³/mol. The fourth-order valence-corrected chi connectivity index (χ4v) is 2.91. The molecular formula is C14H18N4. The van der Waals surface area contributed by atoms with Gasteiger partial charge in [-0.25, -0.2) is 4.68 Å². The Morgan fingerprint density at radius 1 is 1.39 bits per heavy atom. The molecule has 2 unspecified atom stereocenters. The highest BCUT2D eigenvalue weighted by Gasteiger charge is 2.29. The summed E-state index contributed by atoms with van der Waals surface area (Å²) in [7, 11) is 0. The summed E-state index contributed by atoms with van der Waals surface area (Å²) >= 11 is 0. The van der Waals surface area contributed by atoms with Crippen molar-refractivity contribution in [2.45, 2.75) is 38.6 Å². The van der Waals surface area contributed by atoms with Crippen molar-refractivity contribution in [3.63, 3.8) is 0 Å². The highest BCUT2D eigenvalue weighted by Crippen LogP contribution is 2.37. The summed E-state index contributed by atoms with van der Waals surface area (Å²) in [5, 5.41) is 4.31. The van der Waals surface area contributed by atoms with Crippen LogP contribution in [-0.2, 0) is 6.42 Å². The van der Waals surface area contributed by atoms with Gasteiger partial charge in [0.05, 0.1) is 6.04 Å². The van der Waals surface area contributed by atoms with Crippen LogP contribution in [0.25, 0.3) is 0 Å². The van der Waals surface area contributed by atoms with Crippen LogP contribution >= 0.6 is 0 Å². The number of hydrogen-bond donors (Lipinski definition) is 1. The Kier molecular flexibility index (Phi) is 2.58. The molecule has 0 saturated heterocycles. The lowest BCUT2D eigenvalue weighted by atomic mass is 9.85. The number of aryl methyl sites for hydroxylation is 2. The minimum Gasteiger partial charge on any atom is -0.366 e. The molecule has 1 aliphatic heterocycles. The molecule has 0 spiro atoms. The monoisotopic (exact) mass is 242 g/mol. The maximum Gasteiger partial charge on any atom is 0.239 e. The molecule has 4 heteroatoms. The molecule has 94 valence electrons. The molecule has 0 fully saturated rings. The first kappa shape index (κ1) is 11.3. The molecule has 18 heavy (non-hydrogen) atoms. The van der Waals surface area contributed by atoms with Crippen LogP contribution < -0.4 is 5.73 Å². The van der Waals surface area contributed by atoms with Crippen LogP contribution in [-0.4, -0.2) is 14.8 Å². The third-order valence-corrected chi connectivity index (χ3v) is 3.84. The maximum atomic E-state index is 5.69. The number of fused-ring (bicyclic) bond motifs is 1. The van der Waals surface area contributed by atoms with Crippen molar-refractivity contribution in [1.82, 2.24) is 14.8 Å². The first-order valence-corrected chi connectivity index (χ1v) is 6.42. The number of nitrogens with two attached hydrogens (primary N) is 1. The second kappa shape index (κ2) is 4.12. The average molecular weight is 242 g/mol. The van der Waals surface area contributed by atoms with Crippen molar-refractivity contribution in [3.8, 4) is 0 Å². The van der Waals surface area contributed by atoms with Crippen LogP contribution in [0.4, 0.5) is 5.95 Å². The van der Waals surface area contributed by atoms with Crippen molar-refractivity contribution in [2.24, 2.45) is 0 Å². The number of nitrogen functional groups attached to an aromatic ring is 1. The van der Waals surface area contributed by atoms with Gasteiger partial charge >= 0.3 is 0 Å². The molecule has 2 N–H and O–H groups in total. The Morgan fingerprint density at radius 3 is 3.00 bits per heavy atom. The number of nitrogens with zero attached hydrogens (tertiary/aromatic N) is 3. The van der Waals surface area contributed by atoms with E-state index in [0.717, 1.165) is 18.7 Å². The molecule has 0 bridgehead atoms. The lowest BCUT2D eigenvalue weighted by Gasteiger charge is -2.30. The van der Waals surface area contributed by atoms with E-state index < -0.39 is 0 Å². The van der Waals surface area contributed by atoms with Crippen LogP contribution in [0.5, 0.6) is 0 Å². The van der Waals surface area contributed by atoms with Gasteiger partial charge < -0.3 is 5.73 Å². The lowest BCUT2D eigenvalue weighted by Crippen LogP contribution is -2.24. The summed E-state index contributed by atoms with van der Waals surface area (Å²) in [4.78, 5) is 4.28. The minimum atomic E-state index is 0.320. The first-order valence-electron chi connectivity index (χ1n) is 6.42. The zero-order valence-corrected chi connectivity index (χ0v) is 10.8. The summed E-state index contributed by atoms with van der Waals surface area (Å²) in [6.45, 7) is 4.33. The number of aromatic nitrogens is 3. The smallest absolute Gasteiger partial charge is 0.239 e. The van der Waals surface area contributed by atoms with Gasteiger partial charge in [-0.05, 0) is 25.8 Å². The summed E-state index contributed by atoms with van der Waals surface area (Å²) in [6.07, 6.45) is 2.07. The van der Waals surface area contributed by atoms with Crippen molar-refractivity contribution in [3.05, 3.63) is 41.2 Å². The van der Waals surface area contributed by atoms with Crippen LogP contribution in [0.3, 0.4) is 0 Å². The standard InChI is InChI=1S/C14H18N4/c1-9-4-3-5-11(8-9)12-6-7-13-16-14(15)17-18(13)10(12)2/h3-5,8,10,12H,6-7H2,1-2H3,(H2,15,17). The van der Waals surface area contributed by atoms with Gasteiger partial charge in [0.1, 0.15) is 5.82 Å². The highest BCUT2D eigenvalue weighted by molar-refractivity contribution is 5.28. The second-order valence-corrected chi connectivity index (χ2v) is 5.13. The molecule has 1 aromatic carbocycles. The number of hydrogen-bond acceptors (Lipinski definition) is 3. The van der Waals surface area contributed by atoms with Crippen molar-refractivity contribution < 1.29 is 0 Å². The minimum absolute atomic E-state index is 0.320. The van der Waals surface area contributed by atoms with E-state index in [0.29, 0.717) is 17.9 Å². The Bertz CT molecular complexity index is 573. The van der Waals surface area contributed by atoms with E-state index in [1.54, 1.807) is 0 Å². The molecule has 0 radical (unpaired) electrons. The van der Waals surface area contributed by atoms with Gasteiger partial charge in [-0.1, -0.05) is 29.8 Å². The van der Waals surface area contributed by atoms with E-state index in [9.17, 15) is 0 Å². The van der Waals surface area contributed by atoms with Gasteiger partial charge in [0, 0.05) is 12.3 Å². The van der Waals surface area contributed by atoms with E-state index in [1.807, 2.05) is 4.68 Å². The van der Waals surface area contributed by atoms with Crippen molar-refractivity contribution >= 4 is 5.95 Å². The molecule has 2 aromatic rings. The van der Waals surface area contributed by atoms with Crippen molar-refractivity contribution in [1.29, 1.82) is 0 Å². The number of anilines is 1. The fourth-order valence-electron chi connectivity index (χ4n) is 2.91. The predicted octanol–water partition coefficient (Wildman–Crippen LogP) is 2.46. The van der Waals surface area contributed by atoms with Crippen LogP contribution in [0.15, 0.2) is 24.3 Å². The summed E-state index contributed by atoms with van der Waals surface area (Å²) in [5.41, 5.74) is 8.39. The quantitative estimate of drug-likeness (QED) is 0.835. The van der Waals surface area contributed by atoms with Gasteiger partial charge in [0.15, 0.2) is 0 Å². The zero-order chi connectivity index (χ0) is 12.7. The van der Waals surface area contributed by atoms with Crippen LogP contribution in [0.2, 0.25) is 0 Å². The Balaban J connectivity index is 1.97. The molecule has 3 rings (SSSR count). The molecule has 2 atom stereocenters. The maximum absolute atomic E-state index is 5.69. The summed E-state index contributed by atoms with van der Waals surface area (Å²) in [5.74, 6) is 1.91. The largest absolute Gasteiger partial charge is 0.366 e. The van der Waals surface area contributed by atoms with E-state index >= 15 is 0 Å². The Hall–Kier alpha value is -1.84. The van der Waals surface area contributed by atoms with Gasteiger partial charge in [0.2, 0.25) is 5.95 Å². The average Bonchev–Trinajstić information content (AvgIpc) is 2.71. The first-order chi connectivity index (χ1) is 8.65. The molecular weight excluding hydrogens is 224 g/mol. The third kappa shape index (κ3) is 1.78. The topological polar surface area (TPSA) is 56.7 Å². The summed E-state index contributed by atoms with van der Waals surface area (Å²) < 4.78 is 1.99. The van der Waals surface area contributed by atoms with Gasteiger partial charge in [0.25, 0.3) is 0 Å². The van der Waals surface area contributed by atoms with E-state index in [4.69, 9.17) is 5.73 Å². The molecule has 1 aromatic heterocycles. The summed E-state index contributed by atoms with van der Waals surface area (Å²) in [6, 6.07) is 9.06. The fraction of sp³-hybridized carbons (Fsp3) is 0.429. The molecule has 0 amide bonds. The SMILES string of the molecule is Cc1cccc(C2CCc3nc(N)nn3C2C)c1. The lowest BCUT2D eigenvalue weighted by molar-refractivity contribution is 0.338. The van der Waals surface area contributed by atoms with Gasteiger partial charge in [-0.2, -0.15) is 4.98 Å². The Morgan fingerprint density at radius 2 is 2.22 bits per heavy atom. The zero-order valence-electron chi connectivity index (χ0n) is 10.8. The molecule has 2 heterocycles. The molecule has 0 saturated carbocycles. The second-order valence-electron chi connectivity index (χ2n) is 5.13. The van der Waals surface area contributed by atoms with E-state index in [2.05, 4.69) is 48.2 Å². The molecule has 1 aliphatic rings. The molecule has 0 aliphatic carbocycles. The highest BCUT2D eigenvalue weighted by atomic mass is 15.4. The van der Waals surface area contributed by atoms with Crippen molar-refractivity contribution in [2.75, 3.05) is 5.73 Å². The Labute approximate surface area is 107 Å². The third-order valence-electron chi connectivity index (χ3n) is 3.84. The van der Waals surface area contributed by atoms with Gasteiger partial charge in [-0.15, -0.1) is 5.10 Å². The normalized spacial score (nSPS) is 22.8. The van der Waals surface area contributed by atoms with Crippen LogP contribution in [0, 0.1) is 6.92 Å². The van der Waals surface area contributed by atoms with Gasteiger partial charge in [-0.3, -0.25) is 0 Å². The van der Waals surface area contributed by atoms with E-state index in [1.165, 1.54) is 11.1 Å². The number of rotatable bonds is 1.